The van der Waals surface area contributed by atoms with E-state index in [0.29, 0.717) is 18.3 Å². The molecule has 0 aliphatic heterocycles. The Balaban J connectivity index is 2.67. The Labute approximate surface area is 93.7 Å². The van der Waals surface area contributed by atoms with Crippen LogP contribution in [0.25, 0.3) is 0 Å². The van der Waals surface area contributed by atoms with Crippen LogP contribution >= 0.6 is 0 Å². The summed E-state index contributed by atoms with van der Waals surface area (Å²) in [5.74, 6) is 0.908. The topological polar surface area (TPSA) is 40.5 Å². The van der Waals surface area contributed by atoms with Crippen molar-refractivity contribution in [3.8, 4) is 0 Å². The van der Waals surface area contributed by atoms with Gasteiger partial charge in [-0.3, -0.25) is 0 Å². The van der Waals surface area contributed by atoms with E-state index in [1.165, 1.54) is 19.3 Å². The van der Waals surface area contributed by atoms with Gasteiger partial charge in [0.2, 0.25) is 0 Å². The molecule has 90 valence electrons. The second-order valence-corrected chi connectivity index (χ2v) is 5.27. The molecule has 0 aromatic rings. The van der Waals surface area contributed by atoms with Crippen LogP contribution in [0.2, 0.25) is 0 Å². The highest BCUT2D eigenvalue weighted by molar-refractivity contribution is 4.90. The molecular formula is C13H26O2. The molecule has 0 heterocycles. The second-order valence-electron chi connectivity index (χ2n) is 5.27. The van der Waals surface area contributed by atoms with E-state index < -0.39 is 11.7 Å². The normalized spacial score (nSPS) is 33.4. The first-order valence-electron chi connectivity index (χ1n) is 6.43. The molecule has 1 fully saturated rings. The molecule has 4 atom stereocenters. The lowest BCUT2D eigenvalue weighted by molar-refractivity contribution is -0.109. The fourth-order valence-electron chi connectivity index (χ4n) is 2.83. The highest BCUT2D eigenvalue weighted by atomic mass is 16.3. The van der Waals surface area contributed by atoms with Crippen LogP contribution in [0.1, 0.15) is 59.3 Å². The Morgan fingerprint density at radius 3 is 2.40 bits per heavy atom. The quantitative estimate of drug-likeness (QED) is 0.755. The van der Waals surface area contributed by atoms with Crippen LogP contribution in [0, 0.1) is 11.8 Å². The maximum Gasteiger partial charge on any atom is 0.0877 e. The average molecular weight is 214 g/mol. The number of aliphatic hydroxyl groups is 2. The van der Waals surface area contributed by atoms with Crippen LogP contribution in [0.4, 0.5) is 0 Å². The largest absolute Gasteiger partial charge is 0.390 e. The van der Waals surface area contributed by atoms with Gasteiger partial charge in [-0.05, 0) is 31.6 Å². The van der Waals surface area contributed by atoms with E-state index in [1.807, 2.05) is 6.92 Å². The first-order valence-corrected chi connectivity index (χ1v) is 6.43. The third-order valence-electron chi connectivity index (χ3n) is 4.25. The minimum atomic E-state index is -0.907. The SMILES string of the molecule is CCC1CCCCC1C(O)C(C)(O)CC. The predicted molar refractivity (Wildman–Crippen MR) is 62.7 cm³/mol. The summed E-state index contributed by atoms with van der Waals surface area (Å²) in [5.41, 5.74) is -0.907. The smallest absolute Gasteiger partial charge is 0.0877 e. The Morgan fingerprint density at radius 1 is 1.27 bits per heavy atom. The molecule has 2 heteroatoms. The molecule has 2 N–H and O–H groups in total. The van der Waals surface area contributed by atoms with Crippen molar-refractivity contribution < 1.29 is 10.2 Å². The van der Waals surface area contributed by atoms with Crippen molar-refractivity contribution in [2.24, 2.45) is 11.8 Å². The van der Waals surface area contributed by atoms with Gasteiger partial charge in [0.1, 0.15) is 0 Å². The molecule has 1 aliphatic carbocycles. The van der Waals surface area contributed by atoms with Gasteiger partial charge in [-0.25, -0.2) is 0 Å². The summed E-state index contributed by atoms with van der Waals surface area (Å²) in [6.07, 6.45) is 6.00. The molecule has 0 amide bonds. The lowest BCUT2D eigenvalue weighted by Gasteiger charge is -2.40. The molecule has 0 bridgehead atoms. The summed E-state index contributed by atoms with van der Waals surface area (Å²) in [6.45, 7) is 5.89. The number of aliphatic hydroxyl groups excluding tert-OH is 1. The van der Waals surface area contributed by atoms with Crippen molar-refractivity contribution in [1.29, 1.82) is 0 Å². The third-order valence-corrected chi connectivity index (χ3v) is 4.25. The zero-order valence-corrected chi connectivity index (χ0v) is 10.4. The summed E-state index contributed by atoms with van der Waals surface area (Å²) >= 11 is 0. The predicted octanol–water partition coefficient (Wildman–Crippen LogP) is 2.72. The van der Waals surface area contributed by atoms with Crippen LogP contribution in [0.3, 0.4) is 0 Å². The van der Waals surface area contributed by atoms with Gasteiger partial charge < -0.3 is 10.2 Å². The van der Waals surface area contributed by atoms with Gasteiger partial charge in [-0.1, -0.05) is 39.5 Å². The van der Waals surface area contributed by atoms with Crippen molar-refractivity contribution in [2.45, 2.75) is 71.0 Å². The average Bonchev–Trinajstić information content (AvgIpc) is 2.28. The van der Waals surface area contributed by atoms with Gasteiger partial charge in [0.25, 0.3) is 0 Å². The zero-order chi connectivity index (χ0) is 11.5. The molecule has 1 saturated carbocycles. The minimum Gasteiger partial charge on any atom is -0.390 e. The summed E-state index contributed by atoms with van der Waals surface area (Å²) in [7, 11) is 0. The van der Waals surface area contributed by atoms with Gasteiger partial charge >= 0.3 is 0 Å². The number of rotatable bonds is 4. The maximum absolute atomic E-state index is 10.3. The van der Waals surface area contributed by atoms with Gasteiger partial charge in [0, 0.05) is 0 Å². The number of hydrogen-bond acceptors (Lipinski definition) is 2. The molecule has 2 nitrogen and oxygen atoms in total. The second kappa shape index (κ2) is 5.31. The minimum absolute atomic E-state index is 0.304. The van der Waals surface area contributed by atoms with E-state index in [2.05, 4.69) is 6.92 Å². The van der Waals surface area contributed by atoms with Crippen molar-refractivity contribution >= 4 is 0 Å². The highest BCUT2D eigenvalue weighted by Gasteiger charge is 2.39. The van der Waals surface area contributed by atoms with E-state index >= 15 is 0 Å². The van der Waals surface area contributed by atoms with E-state index in [9.17, 15) is 10.2 Å². The van der Waals surface area contributed by atoms with E-state index in [0.717, 1.165) is 12.8 Å². The molecule has 15 heavy (non-hydrogen) atoms. The monoisotopic (exact) mass is 214 g/mol. The number of hydrogen-bond donors (Lipinski definition) is 2. The Kier molecular flexibility index (Phi) is 4.60. The van der Waals surface area contributed by atoms with Crippen molar-refractivity contribution in [3.63, 3.8) is 0 Å². The summed E-state index contributed by atoms with van der Waals surface area (Å²) in [4.78, 5) is 0. The molecule has 0 aromatic carbocycles. The summed E-state index contributed by atoms with van der Waals surface area (Å²) in [5, 5.41) is 20.4. The Bertz CT molecular complexity index is 189. The summed E-state index contributed by atoms with van der Waals surface area (Å²) in [6, 6.07) is 0. The van der Waals surface area contributed by atoms with Gasteiger partial charge in [0.15, 0.2) is 0 Å². The van der Waals surface area contributed by atoms with Crippen molar-refractivity contribution in [3.05, 3.63) is 0 Å². The van der Waals surface area contributed by atoms with E-state index in [1.54, 1.807) is 6.92 Å². The first-order chi connectivity index (χ1) is 7.03. The molecular weight excluding hydrogens is 188 g/mol. The van der Waals surface area contributed by atoms with Crippen LogP contribution < -0.4 is 0 Å². The van der Waals surface area contributed by atoms with Crippen LogP contribution in [0.15, 0.2) is 0 Å². The zero-order valence-electron chi connectivity index (χ0n) is 10.4. The highest BCUT2D eigenvalue weighted by Crippen LogP contribution is 2.38. The molecule has 0 spiro atoms. The first kappa shape index (κ1) is 13.0. The standard InChI is InChI=1S/C13H26O2/c1-4-10-8-6-7-9-11(10)12(14)13(3,15)5-2/h10-12,14-15H,4-9H2,1-3H3. The lowest BCUT2D eigenvalue weighted by Crippen LogP contribution is -2.46. The maximum atomic E-state index is 10.3. The Hall–Kier alpha value is -0.0800. The third kappa shape index (κ3) is 2.94. The van der Waals surface area contributed by atoms with Gasteiger partial charge in [-0.2, -0.15) is 0 Å². The van der Waals surface area contributed by atoms with Crippen LogP contribution in [-0.2, 0) is 0 Å². The summed E-state index contributed by atoms with van der Waals surface area (Å²) < 4.78 is 0. The molecule has 0 radical (unpaired) electrons. The Morgan fingerprint density at radius 2 is 1.87 bits per heavy atom. The fraction of sp³-hybridized carbons (Fsp3) is 1.00. The molecule has 1 aliphatic rings. The molecule has 0 saturated heterocycles. The van der Waals surface area contributed by atoms with Crippen LogP contribution in [-0.4, -0.2) is 21.9 Å². The van der Waals surface area contributed by atoms with Gasteiger partial charge in [0.05, 0.1) is 11.7 Å². The molecule has 4 unspecified atom stereocenters. The molecule has 1 rings (SSSR count). The van der Waals surface area contributed by atoms with E-state index in [-0.39, 0.29) is 0 Å². The van der Waals surface area contributed by atoms with Crippen molar-refractivity contribution in [1.82, 2.24) is 0 Å². The molecule has 0 aromatic heterocycles. The van der Waals surface area contributed by atoms with Crippen LogP contribution in [0.5, 0.6) is 0 Å². The lowest BCUT2D eigenvalue weighted by atomic mass is 9.71. The van der Waals surface area contributed by atoms with Crippen molar-refractivity contribution in [2.75, 3.05) is 0 Å². The van der Waals surface area contributed by atoms with E-state index in [4.69, 9.17) is 0 Å². The fourth-order valence-corrected chi connectivity index (χ4v) is 2.83. The van der Waals surface area contributed by atoms with Gasteiger partial charge in [-0.15, -0.1) is 0 Å².